The molecule has 12 heteroatoms. The smallest absolute Gasteiger partial charge is 0.265 e. The number of para-hydroxylation sites is 2. The Balaban J connectivity index is 1.59. The molecule has 10 nitrogen and oxygen atoms in total. The lowest BCUT2D eigenvalue weighted by Gasteiger charge is -2.27. The lowest BCUT2D eigenvalue weighted by molar-refractivity contribution is 0.103. The van der Waals surface area contributed by atoms with E-state index in [1.54, 1.807) is 78.2 Å². The van der Waals surface area contributed by atoms with Crippen LogP contribution in [0.5, 0.6) is 11.5 Å². The number of carbonyl (C=O) groups is 1. The third-order valence-electron chi connectivity index (χ3n) is 5.59. The first kappa shape index (κ1) is 26.1. The van der Waals surface area contributed by atoms with Crippen molar-refractivity contribution in [2.24, 2.45) is 0 Å². The van der Waals surface area contributed by atoms with Crippen LogP contribution >= 0.6 is 11.3 Å². The Hall–Kier alpha value is -4.52. The molecule has 0 saturated heterocycles. The molecule has 2 heterocycles. The molecule has 1 atom stereocenters. The Kier molecular flexibility index (Phi) is 7.68. The van der Waals surface area contributed by atoms with Crippen LogP contribution in [0.15, 0.2) is 84.2 Å². The Morgan fingerprint density at radius 1 is 0.897 bits per heavy atom. The summed E-state index contributed by atoms with van der Waals surface area (Å²) in [5, 5.41) is 7.78. The van der Waals surface area contributed by atoms with Crippen molar-refractivity contribution in [3.63, 3.8) is 0 Å². The highest BCUT2D eigenvalue weighted by Crippen LogP contribution is 2.36. The van der Waals surface area contributed by atoms with Crippen molar-refractivity contribution in [3.05, 3.63) is 89.1 Å². The molecule has 198 valence electrons. The minimum Gasteiger partial charge on any atom is -0.755 e. The molecule has 3 aromatic carbocycles. The van der Waals surface area contributed by atoms with Gasteiger partial charge in [0, 0.05) is 29.6 Å². The van der Waals surface area contributed by atoms with Crippen molar-refractivity contribution in [1.82, 2.24) is 9.97 Å². The van der Waals surface area contributed by atoms with E-state index in [9.17, 15) is 13.6 Å². The number of methoxy groups -OCH3 is 2. The van der Waals surface area contributed by atoms with Gasteiger partial charge in [-0.2, -0.15) is 0 Å². The summed E-state index contributed by atoms with van der Waals surface area (Å²) < 4.78 is 37.1. The first-order chi connectivity index (χ1) is 18.9. The average Bonchev–Trinajstić information content (AvgIpc) is 3.49. The lowest BCUT2D eigenvalue weighted by atomic mass is 10.2. The SMILES string of the molecule is COc1cc(Nc2nc3ccccc3nc2N(c2cccc(NC(=O)c3cccs3)c2)S(=O)[O-])cc(OC)c1. The summed E-state index contributed by atoms with van der Waals surface area (Å²) in [6, 6.07) is 22.3. The fraction of sp³-hybridized carbons (Fsp3) is 0.0741. The fourth-order valence-corrected chi connectivity index (χ4v) is 5.00. The van der Waals surface area contributed by atoms with Gasteiger partial charge < -0.3 is 24.7 Å². The van der Waals surface area contributed by atoms with E-state index < -0.39 is 11.3 Å². The number of amides is 1. The molecule has 0 bridgehead atoms. The van der Waals surface area contributed by atoms with Crippen LogP contribution in [0.3, 0.4) is 0 Å². The predicted octanol–water partition coefficient (Wildman–Crippen LogP) is 5.64. The van der Waals surface area contributed by atoms with Gasteiger partial charge in [-0.3, -0.25) is 13.3 Å². The topological polar surface area (TPSA) is 129 Å². The number of hydrogen-bond donors (Lipinski definition) is 2. The Morgan fingerprint density at radius 2 is 1.62 bits per heavy atom. The van der Waals surface area contributed by atoms with Crippen LogP contribution in [0.25, 0.3) is 11.0 Å². The molecular formula is C27H22N5O5S2-. The maximum Gasteiger partial charge on any atom is 0.265 e. The second-order valence-corrected chi connectivity index (χ2v) is 9.85. The standard InChI is InChI=1S/C27H23N5O5S2/c1-36-20-14-18(15-21(16-20)37-2)28-25-26(31-23-10-4-3-9-22(23)30-25)32(39(34)35)19-8-5-7-17(13-19)29-27(33)24-11-6-12-38-24/h3-16H,1-2H3,(H,28,30)(H,29,33)(H,34,35)/p-1. The normalized spacial score (nSPS) is 11.6. The summed E-state index contributed by atoms with van der Waals surface area (Å²) in [6.07, 6.45) is 0. The highest BCUT2D eigenvalue weighted by Gasteiger charge is 2.21. The highest BCUT2D eigenvalue weighted by molar-refractivity contribution is 7.81. The Morgan fingerprint density at radius 3 is 2.26 bits per heavy atom. The van der Waals surface area contributed by atoms with Gasteiger partial charge >= 0.3 is 0 Å². The lowest BCUT2D eigenvalue weighted by Crippen LogP contribution is -2.22. The number of anilines is 5. The van der Waals surface area contributed by atoms with Crippen molar-refractivity contribution in [2.45, 2.75) is 0 Å². The zero-order valence-corrected chi connectivity index (χ0v) is 22.4. The summed E-state index contributed by atoms with van der Waals surface area (Å²) in [5.74, 6) is 0.986. The van der Waals surface area contributed by atoms with Gasteiger partial charge in [-0.25, -0.2) is 9.97 Å². The Labute approximate surface area is 230 Å². The number of hydrogen-bond acceptors (Lipinski definition) is 9. The zero-order valence-electron chi connectivity index (χ0n) is 20.8. The molecule has 1 amide bonds. The largest absolute Gasteiger partial charge is 0.755 e. The minimum atomic E-state index is -2.80. The quantitative estimate of drug-likeness (QED) is 0.222. The molecule has 2 aromatic heterocycles. The summed E-state index contributed by atoms with van der Waals surface area (Å²) in [7, 11) is 3.07. The summed E-state index contributed by atoms with van der Waals surface area (Å²) in [4.78, 5) is 22.4. The Bertz CT molecular complexity index is 1640. The van der Waals surface area contributed by atoms with E-state index in [2.05, 4.69) is 20.6 Å². The molecule has 0 fully saturated rings. The number of nitrogens with zero attached hydrogens (tertiary/aromatic N) is 3. The first-order valence-electron chi connectivity index (χ1n) is 11.6. The third kappa shape index (κ3) is 5.82. The molecule has 39 heavy (non-hydrogen) atoms. The van der Waals surface area contributed by atoms with E-state index in [0.717, 1.165) is 4.31 Å². The first-order valence-corrected chi connectivity index (χ1v) is 13.5. The average molecular weight is 561 g/mol. The number of rotatable bonds is 9. The monoisotopic (exact) mass is 560 g/mol. The van der Waals surface area contributed by atoms with Gasteiger partial charge in [-0.05, 0) is 41.8 Å². The molecule has 0 radical (unpaired) electrons. The maximum atomic E-state index is 12.7. The minimum absolute atomic E-state index is 0.0329. The summed E-state index contributed by atoms with van der Waals surface area (Å²) in [5.41, 5.74) is 2.28. The van der Waals surface area contributed by atoms with E-state index in [1.807, 2.05) is 6.07 Å². The molecule has 0 aliphatic rings. The molecule has 1 unspecified atom stereocenters. The summed E-state index contributed by atoms with van der Waals surface area (Å²) >= 11 is -1.49. The molecule has 0 spiro atoms. The van der Waals surface area contributed by atoms with Crippen LogP contribution in [-0.4, -0.2) is 38.9 Å². The fourth-order valence-electron chi connectivity index (χ4n) is 3.82. The molecule has 0 aliphatic carbocycles. The van der Waals surface area contributed by atoms with Crippen LogP contribution in [0.4, 0.5) is 28.7 Å². The number of thiophene rings is 1. The second kappa shape index (κ2) is 11.5. The van der Waals surface area contributed by atoms with Gasteiger partial charge in [-0.15, -0.1) is 11.3 Å². The van der Waals surface area contributed by atoms with Gasteiger partial charge in [0.15, 0.2) is 11.6 Å². The predicted molar refractivity (Wildman–Crippen MR) is 152 cm³/mol. The molecule has 0 saturated carbocycles. The summed E-state index contributed by atoms with van der Waals surface area (Å²) in [6.45, 7) is 0. The van der Waals surface area contributed by atoms with Crippen molar-refractivity contribution in [3.8, 4) is 11.5 Å². The maximum absolute atomic E-state index is 12.7. The third-order valence-corrected chi connectivity index (χ3v) is 7.14. The van der Waals surface area contributed by atoms with Crippen LogP contribution in [0, 0.1) is 0 Å². The number of carbonyl (C=O) groups excluding carboxylic acids is 1. The van der Waals surface area contributed by atoms with Crippen molar-refractivity contribution in [1.29, 1.82) is 0 Å². The van der Waals surface area contributed by atoms with Gasteiger partial charge in [-0.1, -0.05) is 24.3 Å². The molecule has 5 rings (SSSR count). The number of fused-ring (bicyclic) bond motifs is 1. The molecule has 2 N–H and O–H groups in total. The van der Waals surface area contributed by atoms with Crippen LogP contribution in [-0.2, 0) is 11.3 Å². The van der Waals surface area contributed by atoms with Gasteiger partial charge in [0.2, 0.25) is 0 Å². The van der Waals surface area contributed by atoms with E-state index in [0.29, 0.717) is 38.8 Å². The van der Waals surface area contributed by atoms with Crippen molar-refractivity contribution >= 4 is 68.2 Å². The number of ether oxygens (including phenoxy) is 2. The number of benzene rings is 3. The number of nitrogens with one attached hydrogen (secondary N) is 2. The number of aromatic nitrogens is 2. The van der Waals surface area contributed by atoms with Gasteiger partial charge in [0.1, 0.15) is 11.5 Å². The van der Waals surface area contributed by atoms with Crippen molar-refractivity contribution in [2.75, 3.05) is 29.2 Å². The van der Waals surface area contributed by atoms with E-state index in [-0.39, 0.29) is 23.2 Å². The van der Waals surface area contributed by atoms with Crippen LogP contribution in [0.2, 0.25) is 0 Å². The van der Waals surface area contributed by atoms with Gasteiger partial charge in [0.25, 0.3) is 5.91 Å². The highest BCUT2D eigenvalue weighted by atomic mass is 32.2. The zero-order chi connectivity index (χ0) is 27.4. The van der Waals surface area contributed by atoms with Gasteiger partial charge in [0.05, 0.1) is 47.1 Å². The molecule has 0 aliphatic heterocycles. The van der Waals surface area contributed by atoms with E-state index in [1.165, 1.54) is 25.6 Å². The van der Waals surface area contributed by atoms with E-state index in [4.69, 9.17) is 9.47 Å². The van der Waals surface area contributed by atoms with Crippen molar-refractivity contribution < 1.29 is 23.0 Å². The molecular weight excluding hydrogens is 538 g/mol. The van der Waals surface area contributed by atoms with E-state index >= 15 is 0 Å². The van der Waals surface area contributed by atoms with Crippen LogP contribution in [0.1, 0.15) is 9.67 Å². The molecule has 5 aromatic rings. The van der Waals surface area contributed by atoms with Crippen LogP contribution < -0.4 is 24.4 Å². The second-order valence-electron chi connectivity index (χ2n) is 8.10.